The van der Waals surface area contributed by atoms with E-state index in [1.165, 1.54) is 12.1 Å². The third-order valence-corrected chi connectivity index (χ3v) is 7.35. The van der Waals surface area contributed by atoms with Crippen LogP contribution < -0.4 is 10.0 Å². The molecule has 9 heteroatoms. The largest absolute Gasteiger partial charge is 0.387 e. The predicted molar refractivity (Wildman–Crippen MR) is 141 cm³/mol. The quantitative estimate of drug-likeness (QED) is 0.281. The van der Waals surface area contributed by atoms with E-state index < -0.39 is 16.1 Å². The third kappa shape index (κ3) is 6.78. The van der Waals surface area contributed by atoms with Crippen molar-refractivity contribution in [3.8, 4) is 11.3 Å². The first-order chi connectivity index (χ1) is 17.2. The van der Waals surface area contributed by atoms with E-state index in [2.05, 4.69) is 38.4 Å². The second-order valence-electron chi connectivity index (χ2n) is 9.31. The van der Waals surface area contributed by atoms with Crippen molar-refractivity contribution in [1.29, 1.82) is 0 Å². The first-order valence-corrected chi connectivity index (χ1v) is 13.2. The van der Waals surface area contributed by atoms with Crippen molar-refractivity contribution in [2.75, 3.05) is 11.3 Å². The lowest BCUT2D eigenvalue weighted by Crippen LogP contribution is -2.42. The zero-order valence-electron chi connectivity index (χ0n) is 20.4. The molecule has 0 saturated heterocycles. The highest BCUT2D eigenvalue weighted by Crippen LogP contribution is 2.22. The van der Waals surface area contributed by atoms with Crippen molar-refractivity contribution in [3.63, 3.8) is 0 Å². The summed E-state index contributed by atoms with van der Waals surface area (Å²) in [6, 6.07) is 18.9. The number of nitrogens with zero attached hydrogens (tertiary/aromatic N) is 3. The van der Waals surface area contributed by atoms with Gasteiger partial charge in [0.2, 0.25) is 0 Å². The van der Waals surface area contributed by atoms with E-state index in [0.717, 1.165) is 24.2 Å². The third-order valence-electron chi connectivity index (χ3n) is 5.96. The van der Waals surface area contributed by atoms with Crippen LogP contribution in [0.2, 0.25) is 0 Å². The number of benzene rings is 2. The number of rotatable bonds is 11. The Bertz CT molecular complexity index is 1370. The standard InChI is InChI=1S/C27H31N5O3S/c1-27(2,13-16-32-19-25(29-20-32)21-11-14-28-15-12-21)30-18-26(33)22-7-6-8-23(17-22)31-36(34,35)24-9-4-3-5-10-24/h3-12,14-15,17,19-20,26,30-31,33H,13,16,18H2,1-2H3/t26-/m0/s1. The molecule has 0 radical (unpaired) electrons. The Labute approximate surface area is 212 Å². The summed E-state index contributed by atoms with van der Waals surface area (Å²) in [5.74, 6) is 0. The highest BCUT2D eigenvalue weighted by Gasteiger charge is 2.20. The molecule has 4 aromatic rings. The van der Waals surface area contributed by atoms with Crippen LogP contribution in [0.25, 0.3) is 11.3 Å². The van der Waals surface area contributed by atoms with E-state index in [9.17, 15) is 13.5 Å². The van der Waals surface area contributed by atoms with Gasteiger partial charge in [-0.2, -0.15) is 0 Å². The maximum Gasteiger partial charge on any atom is 0.261 e. The number of hydrogen-bond acceptors (Lipinski definition) is 6. The number of pyridine rings is 1. The van der Waals surface area contributed by atoms with Crippen molar-refractivity contribution >= 4 is 15.7 Å². The highest BCUT2D eigenvalue weighted by atomic mass is 32.2. The fraction of sp³-hybridized carbons (Fsp3) is 0.259. The molecule has 2 aromatic heterocycles. The summed E-state index contributed by atoms with van der Waals surface area (Å²) in [5.41, 5.74) is 2.72. The van der Waals surface area contributed by atoms with Gasteiger partial charge in [0, 0.05) is 48.5 Å². The lowest BCUT2D eigenvalue weighted by molar-refractivity contribution is 0.158. The summed E-state index contributed by atoms with van der Waals surface area (Å²) in [7, 11) is -3.70. The maximum atomic E-state index is 12.6. The number of hydrogen-bond donors (Lipinski definition) is 3. The molecule has 0 fully saturated rings. The highest BCUT2D eigenvalue weighted by molar-refractivity contribution is 7.92. The molecule has 8 nitrogen and oxygen atoms in total. The lowest BCUT2D eigenvalue weighted by atomic mass is 9.99. The number of anilines is 1. The number of aryl methyl sites for hydroxylation is 1. The normalized spacial score (nSPS) is 12.9. The summed E-state index contributed by atoms with van der Waals surface area (Å²) in [5, 5.41) is 14.2. The summed E-state index contributed by atoms with van der Waals surface area (Å²) >= 11 is 0. The van der Waals surface area contributed by atoms with E-state index >= 15 is 0 Å². The summed E-state index contributed by atoms with van der Waals surface area (Å²) in [6.45, 7) is 5.27. The summed E-state index contributed by atoms with van der Waals surface area (Å²) in [4.78, 5) is 8.71. The minimum Gasteiger partial charge on any atom is -0.387 e. The molecule has 0 aliphatic carbocycles. The fourth-order valence-corrected chi connectivity index (χ4v) is 4.84. The van der Waals surface area contributed by atoms with Gasteiger partial charge < -0.3 is 15.0 Å². The zero-order chi connectivity index (χ0) is 25.6. The monoisotopic (exact) mass is 505 g/mol. The van der Waals surface area contributed by atoms with E-state index in [0.29, 0.717) is 17.8 Å². The van der Waals surface area contributed by atoms with Crippen LogP contribution in [0.5, 0.6) is 0 Å². The zero-order valence-corrected chi connectivity index (χ0v) is 21.2. The average Bonchev–Trinajstić information content (AvgIpc) is 3.37. The van der Waals surface area contributed by atoms with E-state index in [1.807, 2.05) is 24.7 Å². The van der Waals surface area contributed by atoms with E-state index in [1.54, 1.807) is 54.9 Å². The molecule has 36 heavy (non-hydrogen) atoms. The number of imidazole rings is 1. The smallest absolute Gasteiger partial charge is 0.261 e. The van der Waals surface area contributed by atoms with Gasteiger partial charge in [-0.15, -0.1) is 0 Å². The molecular weight excluding hydrogens is 474 g/mol. The first-order valence-electron chi connectivity index (χ1n) is 11.7. The van der Waals surface area contributed by atoms with Gasteiger partial charge in [0.1, 0.15) is 0 Å². The molecule has 0 unspecified atom stereocenters. The van der Waals surface area contributed by atoms with Gasteiger partial charge >= 0.3 is 0 Å². The van der Waals surface area contributed by atoms with Crippen molar-refractivity contribution < 1.29 is 13.5 Å². The van der Waals surface area contributed by atoms with E-state index in [4.69, 9.17) is 0 Å². The van der Waals surface area contributed by atoms with Crippen LogP contribution in [-0.4, -0.2) is 40.1 Å². The van der Waals surface area contributed by atoms with E-state index in [-0.39, 0.29) is 10.4 Å². The molecule has 2 heterocycles. The lowest BCUT2D eigenvalue weighted by Gasteiger charge is -2.28. The maximum absolute atomic E-state index is 12.6. The van der Waals surface area contributed by atoms with Crippen LogP contribution in [-0.2, 0) is 16.6 Å². The first kappa shape index (κ1) is 25.6. The molecule has 1 atom stereocenters. The Morgan fingerprint density at radius 2 is 1.78 bits per heavy atom. The second-order valence-corrected chi connectivity index (χ2v) is 11.0. The summed E-state index contributed by atoms with van der Waals surface area (Å²) in [6.07, 6.45) is 7.37. The number of nitrogens with one attached hydrogen (secondary N) is 2. The van der Waals surface area contributed by atoms with Crippen molar-refractivity contribution in [2.24, 2.45) is 0 Å². The fourth-order valence-electron chi connectivity index (χ4n) is 3.77. The predicted octanol–water partition coefficient (Wildman–Crippen LogP) is 4.24. The molecular formula is C27H31N5O3S. The molecule has 0 aliphatic rings. The average molecular weight is 506 g/mol. The molecule has 0 saturated carbocycles. The molecule has 4 rings (SSSR count). The Kier molecular flexibility index (Phi) is 7.83. The number of aliphatic hydroxyl groups excluding tert-OH is 1. The Morgan fingerprint density at radius 3 is 2.53 bits per heavy atom. The Balaban J connectivity index is 1.31. The number of sulfonamides is 1. The minimum absolute atomic E-state index is 0.185. The number of β-amino-alcohol motifs (C(OH)–C–C–N with tert-alkyl or cyclic N) is 1. The van der Waals surface area contributed by atoms with Crippen LogP contribution in [0, 0.1) is 0 Å². The van der Waals surface area contributed by atoms with Crippen LogP contribution >= 0.6 is 0 Å². The minimum atomic E-state index is -3.70. The molecule has 0 spiro atoms. The molecule has 0 amide bonds. The van der Waals surface area contributed by atoms with Crippen molar-refractivity contribution in [2.45, 2.75) is 43.4 Å². The topological polar surface area (TPSA) is 109 Å². The number of aliphatic hydroxyl groups is 1. The van der Waals surface area contributed by atoms with Gasteiger partial charge in [-0.3, -0.25) is 9.71 Å². The molecule has 0 aliphatic heterocycles. The van der Waals surface area contributed by atoms with Crippen LogP contribution in [0.1, 0.15) is 31.9 Å². The Hall–Kier alpha value is -3.53. The van der Waals surface area contributed by atoms with Crippen molar-refractivity contribution in [1.82, 2.24) is 19.9 Å². The van der Waals surface area contributed by atoms with Gasteiger partial charge in [-0.05, 0) is 62.2 Å². The van der Waals surface area contributed by atoms with Gasteiger partial charge in [-0.25, -0.2) is 13.4 Å². The van der Waals surface area contributed by atoms with Crippen LogP contribution in [0.4, 0.5) is 5.69 Å². The van der Waals surface area contributed by atoms with Gasteiger partial charge in [-0.1, -0.05) is 30.3 Å². The molecule has 0 bridgehead atoms. The molecule has 188 valence electrons. The Morgan fingerprint density at radius 1 is 1.03 bits per heavy atom. The second kappa shape index (κ2) is 11.0. The summed E-state index contributed by atoms with van der Waals surface area (Å²) < 4.78 is 29.9. The van der Waals surface area contributed by atoms with Gasteiger partial charge in [0.05, 0.1) is 23.0 Å². The van der Waals surface area contributed by atoms with Crippen molar-refractivity contribution in [3.05, 3.63) is 97.2 Å². The van der Waals surface area contributed by atoms with Gasteiger partial charge in [0.25, 0.3) is 10.0 Å². The molecule has 2 aromatic carbocycles. The van der Waals surface area contributed by atoms with Crippen LogP contribution in [0.15, 0.2) is 96.5 Å². The van der Waals surface area contributed by atoms with Gasteiger partial charge in [0.15, 0.2) is 0 Å². The molecule has 3 N–H and O–H groups in total. The number of aromatic nitrogens is 3. The van der Waals surface area contributed by atoms with Crippen LogP contribution in [0.3, 0.4) is 0 Å². The SMILES string of the molecule is CC(C)(CCn1cnc(-c2ccncc2)c1)NC[C@H](O)c1cccc(NS(=O)(=O)c2ccccc2)c1.